The van der Waals surface area contributed by atoms with E-state index in [9.17, 15) is 4.79 Å². The second-order valence-electron chi connectivity index (χ2n) is 3.35. The molecule has 0 aromatic heterocycles. The van der Waals surface area contributed by atoms with Gasteiger partial charge in [-0.25, -0.2) is 0 Å². The molecular formula is C11H11ClO4. The molecule has 0 spiro atoms. The van der Waals surface area contributed by atoms with Crippen molar-refractivity contribution < 1.29 is 19.0 Å². The Morgan fingerprint density at radius 2 is 2.12 bits per heavy atom. The van der Waals surface area contributed by atoms with Gasteiger partial charge >= 0.3 is 0 Å². The van der Waals surface area contributed by atoms with Crippen molar-refractivity contribution >= 4 is 17.4 Å². The summed E-state index contributed by atoms with van der Waals surface area (Å²) in [6.45, 7) is 2.34. The van der Waals surface area contributed by atoms with Crippen LogP contribution in [0.2, 0.25) is 5.02 Å². The van der Waals surface area contributed by atoms with Crippen molar-refractivity contribution in [2.45, 2.75) is 6.92 Å². The van der Waals surface area contributed by atoms with Crippen molar-refractivity contribution in [2.75, 3.05) is 20.3 Å². The molecule has 0 saturated carbocycles. The van der Waals surface area contributed by atoms with E-state index < -0.39 is 0 Å². The van der Waals surface area contributed by atoms with Crippen LogP contribution < -0.4 is 14.2 Å². The smallest absolute Gasteiger partial charge is 0.183 e. The molecular weight excluding hydrogens is 232 g/mol. The standard InChI is InChI=1S/C11H11ClO4/c1-6(13)7-5-8-11(16-4-3-15-8)9(12)10(7)14-2/h5H,3-4H2,1-2H3. The lowest BCUT2D eigenvalue weighted by Gasteiger charge is -2.21. The average Bonchev–Trinajstić information content (AvgIpc) is 2.29. The van der Waals surface area contributed by atoms with Crippen LogP contribution in [0.1, 0.15) is 17.3 Å². The zero-order valence-corrected chi connectivity index (χ0v) is 9.76. The Balaban J connectivity index is 2.64. The van der Waals surface area contributed by atoms with Crippen LogP contribution in [0.5, 0.6) is 17.2 Å². The zero-order chi connectivity index (χ0) is 11.7. The summed E-state index contributed by atoms with van der Waals surface area (Å²) in [4.78, 5) is 11.4. The Labute approximate surface area is 98.1 Å². The molecule has 0 saturated heterocycles. The molecule has 0 N–H and O–H groups in total. The van der Waals surface area contributed by atoms with Gasteiger partial charge in [0.2, 0.25) is 0 Å². The Kier molecular flexibility index (Phi) is 2.92. The summed E-state index contributed by atoms with van der Waals surface area (Å²) in [6, 6.07) is 1.60. The fraction of sp³-hybridized carbons (Fsp3) is 0.364. The number of methoxy groups -OCH3 is 1. The van der Waals surface area contributed by atoms with Crippen LogP contribution in [0, 0.1) is 0 Å². The summed E-state index contributed by atoms with van der Waals surface area (Å²) in [5.74, 6) is 1.13. The molecule has 5 heteroatoms. The van der Waals surface area contributed by atoms with Crippen molar-refractivity contribution in [3.63, 3.8) is 0 Å². The third-order valence-electron chi connectivity index (χ3n) is 2.31. The Morgan fingerprint density at radius 1 is 1.44 bits per heavy atom. The van der Waals surface area contributed by atoms with E-state index in [4.69, 9.17) is 25.8 Å². The van der Waals surface area contributed by atoms with Crippen LogP contribution in [-0.4, -0.2) is 26.1 Å². The number of ether oxygens (including phenoxy) is 3. The van der Waals surface area contributed by atoms with Crippen molar-refractivity contribution in [3.05, 3.63) is 16.7 Å². The largest absolute Gasteiger partial charge is 0.494 e. The minimum Gasteiger partial charge on any atom is -0.494 e. The van der Waals surface area contributed by atoms with E-state index in [1.54, 1.807) is 6.07 Å². The predicted octanol–water partition coefficient (Wildman–Crippen LogP) is 2.32. The van der Waals surface area contributed by atoms with E-state index in [1.165, 1.54) is 14.0 Å². The number of rotatable bonds is 2. The second kappa shape index (κ2) is 4.22. The average molecular weight is 243 g/mol. The summed E-state index contributed by atoms with van der Waals surface area (Å²) in [5.41, 5.74) is 0.400. The molecule has 1 heterocycles. The first kappa shape index (κ1) is 11.1. The second-order valence-corrected chi connectivity index (χ2v) is 3.73. The lowest BCUT2D eigenvalue weighted by atomic mass is 10.1. The van der Waals surface area contributed by atoms with E-state index >= 15 is 0 Å². The quantitative estimate of drug-likeness (QED) is 0.747. The van der Waals surface area contributed by atoms with Gasteiger partial charge in [0.05, 0.1) is 12.7 Å². The summed E-state index contributed by atoms with van der Waals surface area (Å²) < 4.78 is 15.9. The highest BCUT2D eigenvalue weighted by molar-refractivity contribution is 6.34. The summed E-state index contributed by atoms with van der Waals surface area (Å²) in [6.07, 6.45) is 0. The molecule has 86 valence electrons. The lowest BCUT2D eigenvalue weighted by molar-refractivity contribution is 0.101. The van der Waals surface area contributed by atoms with Gasteiger partial charge in [0.15, 0.2) is 23.0 Å². The molecule has 0 unspecified atom stereocenters. The number of Topliss-reactive ketones (excluding diaryl/α,β-unsaturated/α-hetero) is 1. The van der Waals surface area contributed by atoms with Gasteiger partial charge in [-0.1, -0.05) is 11.6 Å². The third kappa shape index (κ3) is 1.69. The van der Waals surface area contributed by atoms with Gasteiger partial charge in [-0.15, -0.1) is 0 Å². The van der Waals surface area contributed by atoms with Gasteiger partial charge in [-0.05, 0) is 13.0 Å². The van der Waals surface area contributed by atoms with E-state index in [0.717, 1.165) is 0 Å². The number of ketones is 1. The number of benzene rings is 1. The minimum absolute atomic E-state index is 0.129. The maximum atomic E-state index is 11.4. The summed E-state index contributed by atoms with van der Waals surface area (Å²) in [7, 11) is 1.46. The Morgan fingerprint density at radius 3 is 2.75 bits per heavy atom. The van der Waals surface area contributed by atoms with Gasteiger partial charge in [0.25, 0.3) is 0 Å². The van der Waals surface area contributed by atoms with Gasteiger partial charge in [-0.2, -0.15) is 0 Å². The minimum atomic E-state index is -0.129. The van der Waals surface area contributed by atoms with Crippen LogP contribution in [0.25, 0.3) is 0 Å². The highest BCUT2D eigenvalue weighted by atomic mass is 35.5. The van der Waals surface area contributed by atoms with Crippen LogP contribution >= 0.6 is 11.6 Å². The zero-order valence-electron chi connectivity index (χ0n) is 9.00. The Hall–Kier alpha value is -1.42. The molecule has 16 heavy (non-hydrogen) atoms. The number of carbonyl (C=O) groups excluding carboxylic acids is 1. The molecule has 0 fully saturated rings. The van der Waals surface area contributed by atoms with E-state index in [1.807, 2.05) is 0 Å². The van der Waals surface area contributed by atoms with Crippen molar-refractivity contribution in [2.24, 2.45) is 0 Å². The van der Waals surface area contributed by atoms with Crippen molar-refractivity contribution in [1.29, 1.82) is 0 Å². The van der Waals surface area contributed by atoms with Crippen LogP contribution in [0.3, 0.4) is 0 Å². The first-order valence-electron chi connectivity index (χ1n) is 4.82. The maximum Gasteiger partial charge on any atom is 0.183 e. The van der Waals surface area contributed by atoms with E-state index in [2.05, 4.69) is 0 Å². The van der Waals surface area contributed by atoms with Gasteiger partial charge in [0.1, 0.15) is 18.2 Å². The molecule has 2 rings (SSSR count). The number of hydrogen-bond donors (Lipinski definition) is 0. The fourth-order valence-corrected chi connectivity index (χ4v) is 1.92. The van der Waals surface area contributed by atoms with Crippen LogP contribution in [-0.2, 0) is 0 Å². The molecule has 0 radical (unpaired) electrons. The third-order valence-corrected chi connectivity index (χ3v) is 2.66. The van der Waals surface area contributed by atoms with Crippen LogP contribution in [0.4, 0.5) is 0 Å². The molecule has 0 aliphatic carbocycles. The molecule has 1 aliphatic rings. The monoisotopic (exact) mass is 242 g/mol. The normalized spacial score (nSPS) is 13.4. The summed E-state index contributed by atoms with van der Waals surface area (Å²) in [5, 5.41) is 0.282. The molecule has 1 aliphatic heterocycles. The number of hydrogen-bond acceptors (Lipinski definition) is 4. The molecule has 0 atom stereocenters. The van der Waals surface area contributed by atoms with Crippen molar-refractivity contribution in [3.8, 4) is 17.2 Å². The predicted molar refractivity (Wildman–Crippen MR) is 59.0 cm³/mol. The molecule has 0 bridgehead atoms. The topological polar surface area (TPSA) is 44.8 Å². The van der Waals surface area contributed by atoms with Crippen molar-refractivity contribution in [1.82, 2.24) is 0 Å². The molecule has 1 aromatic rings. The number of fused-ring (bicyclic) bond motifs is 1. The molecule has 0 amide bonds. The van der Waals surface area contributed by atoms with Gasteiger partial charge in [-0.3, -0.25) is 4.79 Å². The first-order valence-corrected chi connectivity index (χ1v) is 5.20. The number of carbonyl (C=O) groups is 1. The summed E-state index contributed by atoms with van der Waals surface area (Å²) >= 11 is 6.09. The SMILES string of the molecule is COc1c(C(C)=O)cc2c(c1Cl)OCCO2. The van der Waals surface area contributed by atoms with E-state index in [-0.39, 0.29) is 10.8 Å². The van der Waals surface area contributed by atoms with Crippen LogP contribution in [0.15, 0.2) is 6.07 Å². The molecule has 4 nitrogen and oxygen atoms in total. The lowest BCUT2D eigenvalue weighted by Crippen LogP contribution is -2.16. The Bertz CT molecular complexity index is 442. The first-order chi connectivity index (χ1) is 7.65. The van der Waals surface area contributed by atoms with Gasteiger partial charge < -0.3 is 14.2 Å². The van der Waals surface area contributed by atoms with Gasteiger partial charge in [0, 0.05) is 0 Å². The number of halogens is 1. The fourth-order valence-electron chi connectivity index (χ4n) is 1.59. The van der Waals surface area contributed by atoms with E-state index in [0.29, 0.717) is 36.0 Å². The highest BCUT2D eigenvalue weighted by Gasteiger charge is 2.24. The maximum absolute atomic E-state index is 11.4. The molecule has 1 aromatic carbocycles. The highest BCUT2D eigenvalue weighted by Crippen LogP contribution is 2.45.